The van der Waals surface area contributed by atoms with E-state index in [-0.39, 0.29) is 19.0 Å². The maximum absolute atomic E-state index is 14.8. The van der Waals surface area contributed by atoms with Gasteiger partial charge >= 0.3 is 6.01 Å². The summed E-state index contributed by atoms with van der Waals surface area (Å²) in [6, 6.07) is 8.63. The van der Waals surface area contributed by atoms with Gasteiger partial charge in [-0.25, -0.2) is 4.39 Å². The van der Waals surface area contributed by atoms with Crippen molar-refractivity contribution in [2.45, 2.75) is 18.5 Å². The number of halogens is 1. The molecule has 0 bridgehead atoms. The predicted molar refractivity (Wildman–Crippen MR) is 85.5 cm³/mol. The zero-order chi connectivity index (χ0) is 17.9. The van der Waals surface area contributed by atoms with Crippen molar-refractivity contribution in [3.8, 4) is 23.5 Å². The third-order valence-electron chi connectivity index (χ3n) is 4.00. The second-order valence-electron chi connectivity index (χ2n) is 5.78. The predicted octanol–water partition coefficient (Wildman–Crippen LogP) is 2.44. The number of alkyl halides is 1. The van der Waals surface area contributed by atoms with Crippen LogP contribution in [0.2, 0.25) is 0 Å². The molecule has 0 spiro atoms. The standard InChI is InChI=1S/C17H14FN5O2/c18-17(5-2-6-23(10-17)11-20)15(24)22-16-21-14(9-25-16)13-4-1-3-12(7-13)8-19/h1,3-4,7,9H,2,5-6,10H2,(H,21,22,24). The van der Waals surface area contributed by atoms with E-state index in [9.17, 15) is 9.18 Å². The van der Waals surface area contributed by atoms with Gasteiger partial charge in [0.05, 0.1) is 18.2 Å². The maximum Gasteiger partial charge on any atom is 0.301 e. The first-order valence-electron chi connectivity index (χ1n) is 7.65. The second kappa shape index (κ2) is 6.62. The van der Waals surface area contributed by atoms with Crippen LogP contribution >= 0.6 is 0 Å². The van der Waals surface area contributed by atoms with E-state index in [1.165, 1.54) is 11.2 Å². The van der Waals surface area contributed by atoms with Gasteiger partial charge in [-0.05, 0) is 25.0 Å². The van der Waals surface area contributed by atoms with Gasteiger partial charge < -0.3 is 9.32 Å². The van der Waals surface area contributed by atoms with Crippen molar-refractivity contribution in [2.75, 3.05) is 18.4 Å². The Balaban J connectivity index is 1.74. The Morgan fingerprint density at radius 3 is 3.04 bits per heavy atom. The van der Waals surface area contributed by atoms with Crippen LogP contribution < -0.4 is 5.32 Å². The second-order valence-corrected chi connectivity index (χ2v) is 5.78. The quantitative estimate of drug-likeness (QED) is 0.861. The molecule has 1 aromatic heterocycles. The van der Waals surface area contributed by atoms with Crippen LogP contribution in [0.15, 0.2) is 34.9 Å². The molecular weight excluding hydrogens is 325 g/mol. The molecule has 7 nitrogen and oxygen atoms in total. The summed E-state index contributed by atoms with van der Waals surface area (Å²) in [6.07, 6.45) is 3.63. The van der Waals surface area contributed by atoms with Gasteiger partial charge in [0.15, 0.2) is 6.19 Å². The Hall–Kier alpha value is -3.39. The fourth-order valence-electron chi connectivity index (χ4n) is 2.70. The molecule has 3 rings (SSSR count). The number of benzene rings is 1. The fraction of sp³-hybridized carbons (Fsp3) is 0.294. The van der Waals surface area contributed by atoms with Crippen molar-refractivity contribution >= 4 is 11.9 Å². The molecule has 1 aliphatic heterocycles. The van der Waals surface area contributed by atoms with Crippen molar-refractivity contribution in [2.24, 2.45) is 0 Å². The minimum absolute atomic E-state index is 0.0365. The molecular formula is C17H14FN5O2. The maximum atomic E-state index is 14.8. The molecule has 1 saturated heterocycles. The number of likely N-dealkylation sites (tertiary alicyclic amines) is 1. The van der Waals surface area contributed by atoms with Crippen LogP contribution in [0, 0.1) is 22.8 Å². The van der Waals surface area contributed by atoms with Gasteiger partial charge in [0.2, 0.25) is 5.67 Å². The zero-order valence-electron chi connectivity index (χ0n) is 13.2. The lowest BCUT2D eigenvalue weighted by atomic mass is 9.94. The molecule has 1 unspecified atom stereocenters. The minimum atomic E-state index is -2.16. The van der Waals surface area contributed by atoms with Gasteiger partial charge in [0.25, 0.3) is 5.91 Å². The molecule has 8 heteroatoms. The van der Waals surface area contributed by atoms with Crippen LogP contribution in [0.25, 0.3) is 11.3 Å². The van der Waals surface area contributed by atoms with E-state index >= 15 is 0 Å². The third-order valence-corrected chi connectivity index (χ3v) is 4.00. The number of rotatable bonds is 3. The first-order valence-corrected chi connectivity index (χ1v) is 7.65. The van der Waals surface area contributed by atoms with E-state index < -0.39 is 11.6 Å². The summed E-state index contributed by atoms with van der Waals surface area (Å²) in [7, 11) is 0. The van der Waals surface area contributed by atoms with Crippen LogP contribution in [-0.4, -0.2) is 34.5 Å². The van der Waals surface area contributed by atoms with Gasteiger partial charge in [0.1, 0.15) is 12.0 Å². The normalized spacial score (nSPS) is 19.7. The first-order chi connectivity index (χ1) is 12.0. The van der Waals surface area contributed by atoms with Gasteiger partial charge in [0, 0.05) is 12.1 Å². The highest BCUT2D eigenvalue weighted by atomic mass is 19.1. The average molecular weight is 339 g/mol. The topological polar surface area (TPSA) is 106 Å². The largest absolute Gasteiger partial charge is 0.431 e. The number of hydrogen-bond acceptors (Lipinski definition) is 6. The lowest BCUT2D eigenvalue weighted by Crippen LogP contribution is -2.51. The third kappa shape index (κ3) is 3.43. The van der Waals surface area contributed by atoms with E-state index in [0.717, 1.165) is 0 Å². The van der Waals surface area contributed by atoms with Gasteiger partial charge in [-0.1, -0.05) is 12.1 Å². The number of carbonyl (C=O) groups excluding carboxylic acids is 1. The minimum Gasteiger partial charge on any atom is -0.431 e. The van der Waals surface area contributed by atoms with Crippen LogP contribution in [0.3, 0.4) is 0 Å². The molecule has 126 valence electrons. The molecule has 0 radical (unpaired) electrons. The number of nitrogens with one attached hydrogen (secondary N) is 1. The number of nitriles is 2. The first kappa shape index (κ1) is 16.5. The Labute approximate surface area is 143 Å². The smallest absolute Gasteiger partial charge is 0.301 e. The van der Waals surface area contributed by atoms with Crippen LogP contribution in [0.5, 0.6) is 0 Å². The Bertz CT molecular complexity index is 882. The number of aromatic nitrogens is 1. The number of hydrogen-bond donors (Lipinski definition) is 1. The highest BCUT2D eigenvalue weighted by Gasteiger charge is 2.43. The molecule has 2 aromatic rings. The highest BCUT2D eigenvalue weighted by Crippen LogP contribution is 2.27. The number of oxazole rings is 1. The Kier molecular flexibility index (Phi) is 4.36. The average Bonchev–Trinajstić information content (AvgIpc) is 3.10. The summed E-state index contributed by atoms with van der Waals surface area (Å²) in [5, 5.41) is 20.1. The van der Waals surface area contributed by atoms with Crippen LogP contribution in [-0.2, 0) is 4.79 Å². The molecule has 1 amide bonds. The molecule has 1 N–H and O–H groups in total. The zero-order valence-corrected chi connectivity index (χ0v) is 13.2. The van der Waals surface area contributed by atoms with E-state index in [1.807, 2.05) is 12.3 Å². The van der Waals surface area contributed by atoms with Crippen molar-refractivity contribution in [1.82, 2.24) is 9.88 Å². The number of piperidine rings is 1. The van der Waals surface area contributed by atoms with E-state index in [0.29, 0.717) is 29.8 Å². The van der Waals surface area contributed by atoms with Crippen molar-refractivity contribution < 1.29 is 13.6 Å². The number of carbonyl (C=O) groups is 1. The number of nitrogens with zero attached hydrogens (tertiary/aromatic N) is 4. The monoisotopic (exact) mass is 339 g/mol. The molecule has 1 aliphatic rings. The molecule has 1 atom stereocenters. The number of amides is 1. The van der Waals surface area contributed by atoms with Crippen LogP contribution in [0.4, 0.5) is 10.4 Å². The molecule has 0 saturated carbocycles. The summed E-state index contributed by atoms with van der Waals surface area (Å²) < 4.78 is 20.0. The van der Waals surface area contributed by atoms with Crippen molar-refractivity contribution in [3.63, 3.8) is 0 Å². The van der Waals surface area contributed by atoms with Gasteiger partial charge in [-0.3, -0.25) is 10.1 Å². The van der Waals surface area contributed by atoms with E-state index in [2.05, 4.69) is 10.3 Å². The molecule has 2 heterocycles. The Morgan fingerprint density at radius 1 is 1.44 bits per heavy atom. The Morgan fingerprint density at radius 2 is 2.28 bits per heavy atom. The highest BCUT2D eigenvalue weighted by molar-refractivity contribution is 5.96. The summed E-state index contributed by atoms with van der Waals surface area (Å²) in [5.41, 5.74) is -0.634. The lowest BCUT2D eigenvalue weighted by Gasteiger charge is -2.32. The van der Waals surface area contributed by atoms with Crippen LogP contribution in [0.1, 0.15) is 18.4 Å². The molecule has 25 heavy (non-hydrogen) atoms. The molecule has 1 aromatic carbocycles. The van der Waals surface area contributed by atoms with E-state index in [4.69, 9.17) is 14.9 Å². The SMILES string of the molecule is N#Cc1cccc(-c2coc(NC(=O)C3(F)CCCN(C#N)C3)n2)c1. The summed E-state index contributed by atoms with van der Waals surface area (Å²) >= 11 is 0. The van der Waals surface area contributed by atoms with Gasteiger partial charge in [-0.2, -0.15) is 15.5 Å². The van der Waals surface area contributed by atoms with Gasteiger partial charge in [-0.15, -0.1) is 0 Å². The molecule has 0 aliphatic carbocycles. The molecule has 1 fully saturated rings. The summed E-state index contributed by atoms with van der Waals surface area (Å²) in [4.78, 5) is 17.6. The lowest BCUT2D eigenvalue weighted by molar-refractivity contribution is -0.130. The van der Waals surface area contributed by atoms with E-state index in [1.54, 1.807) is 24.3 Å². The summed E-state index contributed by atoms with van der Waals surface area (Å²) in [5.74, 6) is -0.883. The van der Waals surface area contributed by atoms with Crippen molar-refractivity contribution in [3.05, 3.63) is 36.1 Å². The number of anilines is 1. The van der Waals surface area contributed by atoms with Crippen molar-refractivity contribution in [1.29, 1.82) is 10.5 Å². The summed E-state index contributed by atoms with van der Waals surface area (Å²) in [6.45, 7) is 0.154. The fourth-order valence-corrected chi connectivity index (χ4v) is 2.70.